The Kier molecular flexibility index (Phi) is 4.90. The average Bonchev–Trinajstić information content (AvgIpc) is 2.96. The quantitative estimate of drug-likeness (QED) is 0.780. The highest BCUT2D eigenvalue weighted by atomic mass is 35.5. The van der Waals surface area contributed by atoms with Gasteiger partial charge in [-0.3, -0.25) is 0 Å². The fourth-order valence-corrected chi connectivity index (χ4v) is 2.47. The predicted molar refractivity (Wildman–Crippen MR) is 80.2 cm³/mol. The number of ether oxygens (including phenoxy) is 1. The molecule has 118 valence electrons. The highest BCUT2D eigenvalue weighted by Crippen LogP contribution is 2.18. The van der Waals surface area contributed by atoms with E-state index in [0.29, 0.717) is 5.02 Å². The first-order valence-electron chi connectivity index (χ1n) is 6.24. The van der Waals surface area contributed by atoms with E-state index < -0.39 is 16.0 Å². The zero-order valence-electron chi connectivity index (χ0n) is 11.9. The van der Waals surface area contributed by atoms with E-state index in [1.165, 1.54) is 26.2 Å². The van der Waals surface area contributed by atoms with E-state index in [1.54, 1.807) is 24.3 Å². The number of hydrogen-bond donors (Lipinski definition) is 0. The molecule has 0 amide bonds. The molecule has 0 N–H and O–H groups in total. The molecule has 8 heteroatoms. The van der Waals surface area contributed by atoms with Crippen LogP contribution in [-0.2, 0) is 21.4 Å². The highest BCUT2D eigenvalue weighted by Gasteiger charge is 2.23. The normalized spacial score (nSPS) is 11.6. The molecule has 1 aromatic carbocycles. The van der Waals surface area contributed by atoms with Gasteiger partial charge in [-0.05, 0) is 29.8 Å². The maximum Gasteiger partial charge on any atom is 0.374 e. The molecule has 0 spiro atoms. The monoisotopic (exact) mass is 343 g/mol. The van der Waals surface area contributed by atoms with Gasteiger partial charge in [-0.15, -0.1) is 0 Å². The van der Waals surface area contributed by atoms with Gasteiger partial charge in [0.05, 0.1) is 0 Å². The minimum absolute atomic E-state index is 0.0342. The Hall–Kier alpha value is -1.83. The van der Waals surface area contributed by atoms with Gasteiger partial charge in [-0.25, -0.2) is 17.5 Å². The Morgan fingerprint density at radius 1 is 1.18 bits per heavy atom. The highest BCUT2D eigenvalue weighted by molar-refractivity contribution is 7.88. The molecule has 0 bridgehead atoms. The third-order valence-electron chi connectivity index (χ3n) is 2.80. The van der Waals surface area contributed by atoms with Crippen LogP contribution in [0.15, 0.2) is 45.9 Å². The number of carbonyl (C=O) groups is 1. The SMILES string of the molecule is CN(C)S(=O)(=O)c1ccc(C(=O)OCc2ccc(Cl)cc2)o1. The number of benzene rings is 1. The van der Waals surface area contributed by atoms with Crippen LogP contribution in [0.4, 0.5) is 0 Å². The number of halogens is 1. The van der Waals surface area contributed by atoms with Gasteiger partial charge in [-0.1, -0.05) is 23.7 Å². The second-order valence-corrected chi connectivity index (χ2v) is 7.13. The van der Waals surface area contributed by atoms with Crippen LogP contribution in [0.5, 0.6) is 0 Å². The van der Waals surface area contributed by atoms with Crippen LogP contribution < -0.4 is 0 Å². The summed E-state index contributed by atoms with van der Waals surface area (Å²) in [5, 5.41) is 0.274. The van der Waals surface area contributed by atoms with Crippen molar-refractivity contribution in [3.05, 3.63) is 52.7 Å². The first kappa shape index (κ1) is 16.5. The lowest BCUT2D eigenvalue weighted by Crippen LogP contribution is -2.21. The Morgan fingerprint density at radius 2 is 1.82 bits per heavy atom. The van der Waals surface area contributed by atoms with Gasteiger partial charge < -0.3 is 9.15 Å². The second-order valence-electron chi connectivity index (χ2n) is 4.61. The number of carbonyl (C=O) groups excluding carboxylic acids is 1. The summed E-state index contributed by atoms with van der Waals surface area (Å²) in [7, 11) is -0.974. The van der Waals surface area contributed by atoms with E-state index in [4.69, 9.17) is 20.8 Å². The van der Waals surface area contributed by atoms with Crippen molar-refractivity contribution in [1.29, 1.82) is 0 Å². The summed E-state index contributed by atoms with van der Waals surface area (Å²) in [6, 6.07) is 9.28. The molecule has 0 aliphatic rings. The summed E-state index contributed by atoms with van der Waals surface area (Å²) in [6.07, 6.45) is 0. The second kappa shape index (κ2) is 6.51. The van der Waals surface area contributed by atoms with Crippen LogP contribution in [0.1, 0.15) is 16.1 Å². The standard InChI is InChI=1S/C14H14ClNO5S/c1-16(2)22(18,19)13-8-7-12(21-13)14(17)20-9-10-3-5-11(15)6-4-10/h3-8H,9H2,1-2H3. The predicted octanol–water partition coefficient (Wildman–Crippen LogP) is 2.54. The fourth-order valence-electron chi connectivity index (χ4n) is 1.55. The first-order valence-corrected chi connectivity index (χ1v) is 8.06. The van der Waals surface area contributed by atoms with Gasteiger partial charge in [0.15, 0.2) is 0 Å². The van der Waals surface area contributed by atoms with Gasteiger partial charge in [0.1, 0.15) is 6.61 Å². The van der Waals surface area contributed by atoms with Gasteiger partial charge >= 0.3 is 5.97 Å². The summed E-state index contributed by atoms with van der Waals surface area (Å²) < 4.78 is 34.8. The van der Waals surface area contributed by atoms with Gasteiger partial charge in [0.25, 0.3) is 10.0 Å². The van der Waals surface area contributed by atoms with E-state index in [9.17, 15) is 13.2 Å². The average molecular weight is 344 g/mol. The van der Waals surface area contributed by atoms with Crippen LogP contribution >= 0.6 is 11.6 Å². The maximum absolute atomic E-state index is 11.8. The van der Waals surface area contributed by atoms with Crippen molar-refractivity contribution in [3.8, 4) is 0 Å². The summed E-state index contributed by atoms with van der Waals surface area (Å²) in [4.78, 5) is 11.8. The van der Waals surface area contributed by atoms with E-state index in [1.807, 2.05) is 0 Å². The third kappa shape index (κ3) is 3.68. The number of esters is 1. The fraction of sp³-hybridized carbons (Fsp3) is 0.214. The molecule has 2 aromatic rings. The topological polar surface area (TPSA) is 76.8 Å². The van der Waals surface area contributed by atoms with Crippen molar-refractivity contribution >= 4 is 27.6 Å². The molecular weight excluding hydrogens is 330 g/mol. The Balaban J connectivity index is 2.05. The van der Waals surface area contributed by atoms with Crippen molar-refractivity contribution in [2.24, 2.45) is 0 Å². The molecule has 0 fully saturated rings. The minimum atomic E-state index is -3.72. The van der Waals surface area contributed by atoms with Gasteiger partial charge in [0.2, 0.25) is 10.9 Å². The molecule has 0 saturated heterocycles. The number of rotatable bonds is 5. The molecule has 2 rings (SSSR count). The van der Waals surface area contributed by atoms with E-state index in [0.717, 1.165) is 9.87 Å². The Bertz CT molecular complexity index is 765. The van der Waals surface area contributed by atoms with Gasteiger partial charge in [-0.2, -0.15) is 0 Å². The van der Waals surface area contributed by atoms with E-state index >= 15 is 0 Å². The van der Waals surface area contributed by atoms with Crippen molar-refractivity contribution in [3.63, 3.8) is 0 Å². The third-order valence-corrected chi connectivity index (χ3v) is 4.74. The molecule has 0 saturated carbocycles. The van der Waals surface area contributed by atoms with E-state index in [-0.39, 0.29) is 17.5 Å². The van der Waals surface area contributed by atoms with E-state index in [2.05, 4.69) is 0 Å². The molecule has 0 aliphatic carbocycles. The van der Waals surface area contributed by atoms with Gasteiger partial charge in [0, 0.05) is 19.1 Å². The lowest BCUT2D eigenvalue weighted by Gasteiger charge is -2.07. The minimum Gasteiger partial charge on any atom is -0.455 e. The number of sulfonamides is 1. The molecule has 0 atom stereocenters. The van der Waals surface area contributed by atoms with Crippen molar-refractivity contribution in [2.45, 2.75) is 11.7 Å². The summed E-state index contributed by atoms with van der Waals surface area (Å²) in [6.45, 7) is 0.0342. The summed E-state index contributed by atoms with van der Waals surface area (Å²) in [5.74, 6) is -0.912. The lowest BCUT2D eigenvalue weighted by molar-refractivity contribution is 0.0430. The number of furan rings is 1. The number of hydrogen-bond acceptors (Lipinski definition) is 5. The zero-order chi connectivity index (χ0) is 16.3. The smallest absolute Gasteiger partial charge is 0.374 e. The molecule has 1 heterocycles. The number of nitrogens with zero attached hydrogens (tertiary/aromatic N) is 1. The molecule has 6 nitrogen and oxygen atoms in total. The molecule has 0 radical (unpaired) electrons. The van der Waals surface area contributed by atoms with Crippen LogP contribution in [0.25, 0.3) is 0 Å². The molecule has 1 aromatic heterocycles. The Morgan fingerprint density at radius 3 is 2.41 bits per heavy atom. The zero-order valence-corrected chi connectivity index (χ0v) is 13.5. The van der Waals surface area contributed by atoms with Crippen molar-refractivity contribution in [1.82, 2.24) is 4.31 Å². The van der Waals surface area contributed by atoms with Crippen LogP contribution in [0, 0.1) is 0 Å². The molecule has 0 aliphatic heterocycles. The van der Waals surface area contributed by atoms with Crippen molar-refractivity contribution in [2.75, 3.05) is 14.1 Å². The Labute approximate surface area is 133 Å². The molecular formula is C14H14ClNO5S. The summed E-state index contributed by atoms with van der Waals surface area (Å²) in [5.41, 5.74) is 0.755. The summed E-state index contributed by atoms with van der Waals surface area (Å²) >= 11 is 5.76. The van der Waals surface area contributed by atoms with Crippen LogP contribution in [-0.4, -0.2) is 32.8 Å². The first-order chi connectivity index (χ1) is 10.3. The molecule has 0 unspecified atom stereocenters. The maximum atomic E-state index is 11.8. The molecule has 22 heavy (non-hydrogen) atoms. The van der Waals surface area contributed by atoms with Crippen LogP contribution in [0.3, 0.4) is 0 Å². The van der Waals surface area contributed by atoms with Crippen molar-refractivity contribution < 1.29 is 22.4 Å². The van der Waals surface area contributed by atoms with Crippen LogP contribution in [0.2, 0.25) is 5.02 Å². The largest absolute Gasteiger partial charge is 0.455 e. The lowest BCUT2D eigenvalue weighted by atomic mass is 10.2.